The van der Waals surface area contributed by atoms with Gasteiger partial charge in [-0.2, -0.15) is 5.10 Å². The number of hydrogen-bond donors (Lipinski definition) is 2. The average molecular weight is 255 g/mol. The molecule has 2 N–H and O–H groups in total. The van der Waals surface area contributed by atoms with Crippen LogP contribution in [0.1, 0.15) is 5.56 Å². The maximum absolute atomic E-state index is 11.7. The van der Waals surface area contributed by atoms with Crippen molar-refractivity contribution in [1.29, 1.82) is 0 Å². The largest absolute Gasteiger partial charge is 0.497 e. The van der Waals surface area contributed by atoms with Crippen LogP contribution >= 0.6 is 0 Å². The molecule has 0 unspecified atom stereocenters. The monoisotopic (exact) mass is 255 g/mol. The first-order valence-electron chi connectivity index (χ1n) is 5.97. The SMILES string of the molecule is COc1ccc(-c2n[nH]c(=O)c3c2C=CCN3)cc1. The first-order valence-corrected chi connectivity index (χ1v) is 5.97. The van der Waals surface area contributed by atoms with Crippen molar-refractivity contribution in [2.75, 3.05) is 19.0 Å². The number of aromatic nitrogens is 2. The number of H-pyrrole nitrogens is 1. The van der Waals surface area contributed by atoms with E-state index in [1.807, 2.05) is 36.4 Å². The zero-order valence-corrected chi connectivity index (χ0v) is 10.4. The smallest absolute Gasteiger partial charge is 0.288 e. The molecule has 0 radical (unpaired) electrons. The summed E-state index contributed by atoms with van der Waals surface area (Å²) < 4.78 is 5.13. The Balaban J connectivity index is 2.15. The topological polar surface area (TPSA) is 67.0 Å². The quantitative estimate of drug-likeness (QED) is 0.860. The van der Waals surface area contributed by atoms with Gasteiger partial charge in [0.05, 0.1) is 7.11 Å². The van der Waals surface area contributed by atoms with E-state index in [0.29, 0.717) is 12.2 Å². The maximum Gasteiger partial charge on any atom is 0.288 e. The fourth-order valence-corrected chi connectivity index (χ4v) is 2.11. The second-order valence-corrected chi connectivity index (χ2v) is 4.20. The molecule has 0 bridgehead atoms. The van der Waals surface area contributed by atoms with Crippen molar-refractivity contribution >= 4 is 11.8 Å². The molecule has 3 rings (SSSR count). The molecule has 0 aliphatic carbocycles. The molecule has 19 heavy (non-hydrogen) atoms. The predicted molar refractivity (Wildman–Crippen MR) is 74.4 cm³/mol. The lowest BCUT2D eigenvalue weighted by Gasteiger charge is -2.14. The Morgan fingerprint density at radius 3 is 2.79 bits per heavy atom. The molecule has 5 heteroatoms. The van der Waals surface area contributed by atoms with Crippen LogP contribution in [-0.4, -0.2) is 23.9 Å². The van der Waals surface area contributed by atoms with Crippen LogP contribution in [0.15, 0.2) is 35.1 Å². The number of benzene rings is 1. The van der Waals surface area contributed by atoms with Crippen molar-refractivity contribution in [1.82, 2.24) is 10.2 Å². The van der Waals surface area contributed by atoms with Gasteiger partial charge in [-0.05, 0) is 24.3 Å². The van der Waals surface area contributed by atoms with Gasteiger partial charge in [0.2, 0.25) is 0 Å². The number of nitrogens with zero attached hydrogens (tertiary/aromatic N) is 1. The predicted octanol–water partition coefficient (Wildman–Crippen LogP) is 1.88. The summed E-state index contributed by atoms with van der Waals surface area (Å²) in [5, 5.41) is 9.74. The zero-order valence-electron chi connectivity index (χ0n) is 10.4. The number of aromatic amines is 1. The first-order chi connectivity index (χ1) is 9.29. The molecule has 96 valence electrons. The van der Waals surface area contributed by atoms with Gasteiger partial charge >= 0.3 is 0 Å². The van der Waals surface area contributed by atoms with Crippen LogP contribution in [0.3, 0.4) is 0 Å². The summed E-state index contributed by atoms with van der Waals surface area (Å²) in [5.41, 5.74) is 2.88. The van der Waals surface area contributed by atoms with Gasteiger partial charge in [-0.15, -0.1) is 0 Å². The van der Waals surface area contributed by atoms with E-state index in [4.69, 9.17) is 4.74 Å². The van der Waals surface area contributed by atoms with Crippen LogP contribution in [0.5, 0.6) is 5.75 Å². The Hall–Kier alpha value is -2.56. The molecule has 0 amide bonds. The Kier molecular flexibility index (Phi) is 2.79. The molecular formula is C14H13N3O2. The number of ether oxygens (including phenoxy) is 1. The Bertz CT molecular complexity index is 687. The second-order valence-electron chi connectivity index (χ2n) is 4.20. The third-order valence-electron chi connectivity index (χ3n) is 3.07. The molecule has 1 aliphatic rings. The lowest BCUT2D eigenvalue weighted by molar-refractivity contribution is 0.415. The summed E-state index contributed by atoms with van der Waals surface area (Å²) in [4.78, 5) is 11.7. The average Bonchev–Trinajstić information content (AvgIpc) is 2.48. The van der Waals surface area contributed by atoms with Crippen molar-refractivity contribution in [2.45, 2.75) is 0 Å². The van der Waals surface area contributed by atoms with E-state index >= 15 is 0 Å². The number of nitrogens with one attached hydrogen (secondary N) is 2. The van der Waals surface area contributed by atoms with Gasteiger partial charge in [0.1, 0.15) is 17.1 Å². The highest BCUT2D eigenvalue weighted by Gasteiger charge is 2.15. The summed E-state index contributed by atoms with van der Waals surface area (Å²) in [6, 6.07) is 7.58. The highest BCUT2D eigenvalue weighted by molar-refractivity contribution is 5.81. The Morgan fingerprint density at radius 2 is 2.05 bits per heavy atom. The van der Waals surface area contributed by atoms with Crippen LogP contribution < -0.4 is 15.6 Å². The van der Waals surface area contributed by atoms with Gasteiger partial charge in [-0.3, -0.25) is 4.79 Å². The fourth-order valence-electron chi connectivity index (χ4n) is 2.11. The lowest BCUT2D eigenvalue weighted by Crippen LogP contribution is -2.20. The Labute approximate surface area is 109 Å². The number of hydrogen-bond acceptors (Lipinski definition) is 4. The van der Waals surface area contributed by atoms with Gasteiger partial charge in [-0.1, -0.05) is 12.2 Å². The third-order valence-corrected chi connectivity index (χ3v) is 3.07. The van der Waals surface area contributed by atoms with Crippen molar-refractivity contribution in [2.24, 2.45) is 0 Å². The van der Waals surface area contributed by atoms with Crippen molar-refractivity contribution < 1.29 is 4.74 Å². The van der Waals surface area contributed by atoms with Crippen LogP contribution in [-0.2, 0) is 0 Å². The van der Waals surface area contributed by atoms with E-state index in [9.17, 15) is 4.79 Å². The highest BCUT2D eigenvalue weighted by atomic mass is 16.5. The van der Waals surface area contributed by atoms with Crippen LogP contribution in [0.2, 0.25) is 0 Å². The van der Waals surface area contributed by atoms with Crippen LogP contribution in [0.25, 0.3) is 17.3 Å². The van der Waals surface area contributed by atoms with Gasteiger partial charge in [0.15, 0.2) is 0 Å². The molecule has 5 nitrogen and oxygen atoms in total. The van der Waals surface area contributed by atoms with E-state index in [1.54, 1.807) is 7.11 Å². The minimum atomic E-state index is -0.198. The maximum atomic E-state index is 11.7. The molecule has 1 aliphatic heterocycles. The van der Waals surface area contributed by atoms with E-state index in [-0.39, 0.29) is 5.56 Å². The molecule has 0 saturated heterocycles. The van der Waals surface area contributed by atoms with Crippen LogP contribution in [0.4, 0.5) is 5.69 Å². The van der Waals surface area contributed by atoms with E-state index in [0.717, 1.165) is 22.6 Å². The van der Waals surface area contributed by atoms with E-state index in [2.05, 4.69) is 15.5 Å². The van der Waals surface area contributed by atoms with Gasteiger partial charge in [0, 0.05) is 17.7 Å². The summed E-state index contributed by atoms with van der Waals surface area (Å²) in [5.74, 6) is 0.788. The third kappa shape index (κ3) is 1.99. The number of fused-ring (bicyclic) bond motifs is 1. The summed E-state index contributed by atoms with van der Waals surface area (Å²) >= 11 is 0. The zero-order chi connectivity index (χ0) is 13.2. The van der Waals surface area contributed by atoms with Gasteiger partial charge < -0.3 is 10.1 Å². The first kappa shape index (κ1) is 11.5. The number of rotatable bonds is 2. The highest BCUT2D eigenvalue weighted by Crippen LogP contribution is 2.28. The molecule has 0 atom stereocenters. The van der Waals surface area contributed by atoms with Crippen molar-refractivity contribution in [3.63, 3.8) is 0 Å². The van der Waals surface area contributed by atoms with E-state index < -0.39 is 0 Å². The van der Waals surface area contributed by atoms with Crippen molar-refractivity contribution in [3.05, 3.63) is 46.3 Å². The molecule has 2 heterocycles. The fraction of sp³-hybridized carbons (Fsp3) is 0.143. The molecule has 2 aromatic rings. The minimum Gasteiger partial charge on any atom is -0.497 e. The summed E-state index contributed by atoms with van der Waals surface area (Å²) in [7, 11) is 1.63. The van der Waals surface area contributed by atoms with Crippen molar-refractivity contribution in [3.8, 4) is 17.0 Å². The van der Waals surface area contributed by atoms with Crippen LogP contribution in [0, 0.1) is 0 Å². The molecule has 1 aromatic heterocycles. The summed E-state index contributed by atoms with van der Waals surface area (Å²) in [6.07, 6.45) is 3.89. The standard InChI is InChI=1S/C14H13N3O2/c1-19-10-6-4-9(5-7-10)12-11-3-2-8-15-13(11)14(18)17-16-12/h2-7,15H,8H2,1H3,(H,17,18). The number of methoxy groups -OCH3 is 1. The summed E-state index contributed by atoms with van der Waals surface area (Å²) in [6.45, 7) is 0.655. The molecular weight excluding hydrogens is 242 g/mol. The molecule has 0 fully saturated rings. The lowest BCUT2D eigenvalue weighted by atomic mass is 10.0. The van der Waals surface area contributed by atoms with Gasteiger partial charge in [-0.25, -0.2) is 5.10 Å². The molecule has 0 saturated carbocycles. The molecule has 0 spiro atoms. The Morgan fingerprint density at radius 1 is 1.26 bits per heavy atom. The van der Waals surface area contributed by atoms with Gasteiger partial charge in [0.25, 0.3) is 5.56 Å². The molecule has 1 aromatic carbocycles. The number of anilines is 1. The second kappa shape index (κ2) is 4.61. The van der Waals surface area contributed by atoms with E-state index in [1.165, 1.54) is 0 Å². The normalized spacial score (nSPS) is 12.7. The minimum absolute atomic E-state index is 0.198.